The van der Waals surface area contributed by atoms with E-state index in [0.717, 1.165) is 11.0 Å². The Morgan fingerprint density at radius 2 is 2.04 bits per heavy atom. The number of H-pyrrole nitrogens is 1. The summed E-state index contributed by atoms with van der Waals surface area (Å²) in [6.45, 7) is 3.48. The summed E-state index contributed by atoms with van der Waals surface area (Å²) in [6.07, 6.45) is 0. The van der Waals surface area contributed by atoms with Gasteiger partial charge in [0.05, 0.1) is 28.2 Å². The molecular weight excluding hydrogens is 384 g/mol. The van der Waals surface area contributed by atoms with Crippen LogP contribution >= 0.6 is 23.4 Å². The van der Waals surface area contributed by atoms with E-state index in [-0.39, 0.29) is 17.6 Å². The Balaban J connectivity index is 1.58. The van der Waals surface area contributed by atoms with Crippen LogP contribution in [0.5, 0.6) is 0 Å². The number of hydrogen-bond donors (Lipinski definition) is 2. The van der Waals surface area contributed by atoms with E-state index in [0.29, 0.717) is 21.6 Å². The quantitative estimate of drug-likeness (QED) is 0.649. The first kappa shape index (κ1) is 17.9. The SMILES string of the molecule is CC1(C)C(=O)Nc2ccccc2N1C(=O)CSc1nc2ccc(Cl)cc2[nH]1. The van der Waals surface area contributed by atoms with Crippen LogP contribution in [0.2, 0.25) is 5.02 Å². The van der Waals surface area contributed by atoms with Gasteiger partial charge in [-0.25, -0.2) is 4.98 Å². The normalized spacial score (nSPS) is 15.5. The minimum atomic E-state index is -0.979. The molecule has 0 saturated carbocycles. The van der Waals surface area contributed by atoms with E-state index in [1.807, 2.05) is 24.3 Å². The Hall–Kier alpha value is -2.51. The molecule has 0 unspecified atom stereocenters. The highest BCUT2D eigenvalue weighted by Crippen LogP contribution is 2.37. The lowest BCUT2D eigenvalue weighted by atomic mass is 9.96. The van der Waals surface area contributed by atoms with Crippen LogP contribution in [0.3, 0.4) is 0 Å². The summed E-state index contributed by atoms with van der Waals surface area (Å²) in [6, 6.07) is 12.7. The maximum Gasteiger partial charge on any atom is 0.250 e. The standard InChI is InChI=1S/C19H17ClN4O2S/c1-19(2)17(26)21-13-5-3-4-6-15(13)24(19)16(25)10-27-18-22-12-8-7-11(20)9-14(12)23-18/h3-9H,10H2,1-2H3,(H,21,26)(H,22,23). The molecule has 1 aliphatic rings. The van der Waals surface area contributed by atoms with Gasteiger partial charge in [-0.3, -0.25) is 14.5 Å². The third kappa shape index (κ3) is 3.17. The van der Waals surface area contributed by atoms with E-state index >= 15 is 0 Å². The van der Waals surface area contributed by atoms with Gasteiger partial charge in [-0.15, -0.1) is 0 Å². The molecule has 0 radical (unpaired) electrons. The van der Waals surface area contributed by atoms with Crippen LogP contribution in [0.1, 0.15) is 13.8 Å². The van der Waals surface area contributed by atoms with Crippen LogP contribution < -0.4 is 10.2 Å². The average molecular weight is 401 g/mol. The van der Waals surface area contributed by atoms with Crippen LogP contribution in [-0.2, 0) is 9.59 Å². The number of anilines is 2. The topological polar surface area (TPSA) is 78.1 Å². The number of halogens is 1. The number of aromatic nitrogens is 2. The van der Waals surface area contributed by atoms with E-state index < -0.39 is 5.54 Å². The molecule has 2 aromatic carbocycles. The molecule has 2 heterocycles. The Morgan fingerprint density at radius 1 is 1.26 bits per heavy atom. The van der Waals surface area contributed by atoms with Crippen molar-refractivity contribution in [3.63, 3.8) is 0 Å². The van der Waals surface area contributed by atoms with E-state index in [1.165, 1.54) is 11.8 Å². The van der Waals surface area contributed by atoms with Gasteiger partial charge in [0.15, 0.2) is 5.16 Å². The average Bonchev–Trinajstić information content (AvgIpc) is 3.02. The summed E-state index contributed by atoms with van der Waals surface area (Å²) in [5.41, 5.74) is 1.97. The maximum absolute atomic E-state index is 13.0. The molecule has 3 aromatic rings. The molecule has 1 aromatic heterocycles. The van der Waals surface area contributed by atoms with Crippen LogP contribution in [0, 0.1) is 0 Å². The molecule has 0 atom stereocenters. The van der Waals surface area contributed by atoms with Crippen molar-refractivity contribution < 1.29 is 9.59 Å². The monoisotopic (exact) mass is 400 g/mol. The fourth-order valence-electron chi connectivity index (χ4n) is 3.12. The smallest absolute Gasteiger partial charge is 0.250 e. The molecule has 2 N–H and O–H groups in total. The van der Waals surface area contributed by atoms with Crippen molar-refractivity contribution in [2.24, 2.45) is 0 Å². The number of carbonyl (C=O) groups is 2. The Kier molecular flexibility index (Phi) is 4.36. The number of rotatable bonds is 3. The Labute approximate surface area is 165 Å². The van der Waals surface area contributed by atoms with Gasteiger partial charge >= 0.3 is 0 Å². The fourth-order valence-corrected chi connectivity index (χ4v) is 4.03. The molecule has 138 valence electrons. The predicted molar refractivity (Wildman–Crippen MR) is 108 cm³/mol. The summed E-state index contributed by atoms with van der Waals surface area (Å²) in [4.78, 5) is 34.7. The van der Waals surface area contributed by atoms with Crippen molar-refractivity contribution in [2.45, 2.75) is 24.5 Å². The lowest BCUT2D eigenvalue weighted by Crippen LogP contribution is -2.58. The second-order valence-electron chi connectivity index (χ2n) is 6.75. The second-order valence-corrected chi connectivity index (χ2v) is 8.15. The highest BCUT2D eigenvalue weighted by molar-refractivity contribution is 7.99. The van der Waals surface area contributed by atoms with Crippen molar-refractivity contribution in [1.82, 2.24) is 9.97 Å². The van der Waals surface area contributed by atoms with Crippen LogP contribution in [0.15, 0.2) is 47.6 Å². The molecule has 0 aliphatic carbocycles. The van der Waals surface area contributed by atoms with Gasteiger partial charge in [0.2, 0.25) is 11.8 Å². The first-order valence-electron chi connectivity index (χ1n) is 8.38. The molecule has 0 spiro atoms. The van der Waals surface area contributed by atoms with Gasteiger partial charge in [-0.1, -0.05) is 35.5 Å². The summed E-state index contributed by atoms with van der Waals surface area (Å²) in [5, 5.41) is 4.12. The second kappa shape index (κ2) is 6.58. The van der Waals surface area contributed by atoms with Crippen molar-refractivity contribution in [1.29, 1.82) is 0 Å². The minimum Gasteiger partial charge on any atom is -0.333 e. The van der Waals surface area contributed by atoms with Crippen molar-refractivity contribution in [3.8, 4) is 0 Å². The molecule has 27 heavy (non-hydrogen) atoms. The van der Waals surface area contributed by atoms with E-state index in [2.05, 4.69) is 15.3 Å². The summed E-state index contributed by atoms with van der Waals surface area (Å²) in [7, 11) is 0. The van der Waals surface area contributed by atoms with Crippen molar-refractivity contribution in [2.75, 3.05) is 16.0 Å². The number of fused-ring (bicyclic) bond motifs is 2. The largest absolute Gasteiger partial charge is 0.333 e. The van der Waals surface area contributed by atoms with Gasteiger partial charge in [-0.05, 0) is 44.2 Å². The first-order chi connectivity index (χ1) is 12.9. The van der Waals surface area contributed by atoms with Crippen LogP contribution in [-0.4, -0.2) is 33.1 Å². The zero-order valence-corrected chi connectivity index (χ0v) is 16.3. The van der Waals surface area contributed by atoms with E-state index in [4.69, 9.17) is 11.6 Å². The fraction of sp³-hybridized carbons (Fsp3) is 0.211. The van der Waals surface area contributed by atoms with Gasteiger partial charge in [0.25, 0.3) is 0 Å². The van der Waals surface area contributed by atoms with Crippen LogP contribution in [0.4, 0.5) is 11.4 Å². The van der Waals surface area contributed by atoms with Gasteiger partial charge in [0, 0.05) is 5.02 Å². The number of nitrogens with zero attached hydrogens (tertiary/aromatic N) is 2. The Bertz CT molecular complexity index is 1060. The molecule has 1 aliphatic heterocycles. The first-order valence-corrected chi connectivity index (χ1v) is 9.74. The van der Waals surface area contributed by atoms with Gasteiger partial charge in [0.1, 0.15) is 5.54 Å². The van der Waals surface area contributed by atoms with Crippen LogP contribution in [0.25, 0.3) is 11.0 Å². The summed E-state index contributed by atoms with van der Waals surface area (Å²) < 4.78 is 0. The number of imidazole rings is 1. The molecule has 4 rings (SSSR count). The van der Waals surface area contributed by atoms with E-state index in [1.54, 1.807) is 36.9 Å². The summed E-state index contributed by atoms with van der Waals surface area (Å²) >= 11 is 7.29. The molecule has 2 amide bonds. The number of amides is 2. The molecular formula is C19H17ClN4O2S. The van der Waals surface area contributed by atoms with Gasteiger partial charge in [-0.2, -0.15) is 0 Å². The summed E-state index contributed by atoms with van der Waals surface area (Å²) in [5.74, 6) is -0.220. The highest BCUT2D eigenvalue weighted by Gasteiger charge is 2.43. The number of hydrogen-bond acceptors (Lipinski definition) is 4. The van der Waals surface area contributed by atoms with Gasteiger partial charge < -0.3 is 10.3 Å². The maximum atomic E-state index is 13.0. The zero-order chi connectivity index (χ0) is 19.2. The number of para-hydroxylation sites is 2. The number of aromatic amines is 1. The highest BCUT2D eigenvalue weighted by atomic mass is 35.5. The number of carbonyl (C=O) groups excluding carboxylic acids is 2. The van der Waals surface area contributed by atoms with Crippen molar-refractivity contribution >= 4 is 57.6 Å². The molecule has 0 bridgehead atoms. The number of thioether (sulfide) groups is 1. The number of benzene rings is 2. The minimum absolute atomic E-state index is 0.151. The zero-order valence-electron chi connectivity index (χ0n) is 14.7. The molecule has 8 heteroatoms. The Morgan fingerprint density at radius 3 is 2.85 bits per heavy atom. The lowest BCUT2D eigenvalue weighted by Gasteiger charge is -2.42. The number of nitrogens with one attached hydrogen (secondary N) is 2. The molecule has 0 fully saturated rings. The molecule has 6 nitrogen and oxygen atoms in total. The third-order valence-corrected chi connectivity index (χ3v) is 5.60. The van der Waals surface area contributed by atoms with E-state index in [9.17, 15) is 9.59 Å². The predicted octanol–water partition coefficient (Wildman–Crippen LogP) is 4.07. The lowest BCUT2D eigenvalue weighted by molar-refractivity contribution is -0.125. The third-order valence-electron chi connectivity index (χ3n) is 4.51. The van der Waals surface area contributed by atoms with Crippen molar-refractivity contribution in [3.05, 3.63) is 47.5 Å². The molecule has 0 saturated heterocycles.